The minimum Gasteiger partial charge on any atom is -0.350 e. The lowest BCUT2D eigenvalue weighted by atomic mass is 10.2. The smallest absolute Gasteiger partial charge is 0.273 e. The SMILES string of the molecule is O=C(NCCSCc1ccccc1)c1nccn2ccnc12. The summed E-state index contributed by atoms with van der Waals surface area (Å²) in [5, 5.41) is 2.89. The number of carbonyl (C=O) groups excluding carboxylic acids is 1. The predicted octanol–water partition coefficient (Wildman–Crippen LogP) is 2.39. The third-order valence-electron chi connectivity index (χ3n) is 3.17. The highest BCUT2D eigenvalue weighted by molar-refractivity contribution is 7.98. The lowest BCUT2D eigenvalue weighted by Crippen LogP contribution is -2.27. The Kier molecular flexibility index (Phi) is 4.70. The number of fused-ring (bicyclic) bond motifs is 1. The van der Waals surface area contributed by atoms with Gasteiger partial charge in [-0.2, -0.15) is 11.8 Å². The molecule has 3 rings (SSSR count). The molecule has 0 radical (unpaired) electrons. The molecule has 22 heavy (non-hydrogen) atoms. The largest absolute Gasteiger partial charge is 0.350 e. The molecular formula is C16H16N4OS. The van der Waals surface area contributed by atoms with Crippen LogP contribution in [0.3, 0.4) is 0 Å². The van der Waals surface area contributed by atoms with Crippen LogP contribution in [0.4, 0.5) is 0 Å². The third kappa shape index (κ3) is 3.46. The van der Waals surface area contributed by atoms with Crippen LogP contribution in [0.25, 0.3) is 5.65 Å². The molecule has 0 saturated heterocycles. The molecule has 6 heteroatoms. The molecule has 0 saturated carbocycles. The van der Waals surface area contributed by atoms with Crippen molar-refractivity contribution in [2.45, 2.75) is 5.75 Å². The van der Waals surface area contributed by atoms with Crippen molar-refractivity contribution in [3.8, 4) is 0 Å². The van der Waals surface area contributed by atoms with Crippen molar-refractivity contribution in [1.29, 1.82) is 0 Å². The summed E-state index contributed by atoms with van der Waals surface area (Å²) in [6, 6.07) is 10.3. The van der Waals surface area contributed by atoms with Crippen LogP contribution >= 0.6 is 11.8 Å². The van der Waals surface area contributed by atoms with Crippen molar-refractivity contribution < 1.29 is 4.79 Å². The summed E-state index contributed by atoms with van der Waals surface area (Å²) >= 11 is 1.79. The molecule has 0 bridgehead atoms. The number of carbonyl (C=O) groups is 1. The van der Waals surface area contributed by atoms with Gasteiger partial charge in [-0.05, 0) is 5.56 Å². The fraction of sp³-hybridized carbons (Fsp3) is 0.188. The van der Waals surface area contributed by atoms with Crippen LogP contribution in [-0.2, 0) is 5.75 Å². The van der Waals surface area contributed by atoms with Crippen LogP contribution in [-0.4, -0.2) is 32.6 Å². The molecule has 5 nitrogen and oxygen atoms in total. The molecule has 2 aromatic heterocycles. The summed E-state index contributed by atoms with van der Waals surface area (Å²) in [6.45, 7) is 0.611. The molecule has 1 N–H and O–H groups in total. The van der Waals surface area contributed by atoms with E-state index in [2.05, 4.69) is 27.4 Å². The topological polar surface area (TPSA) is 59.3 Å². The Labute approximate surface area is 132 Å². The molecule has 0 spiro atoms. The van der Waals surface area contributed by atoms with Gasteiger partial charge in [0.2, 0.25) is 0 Å². The maximum atomic E-state index is 12.2. The highest BCUT2D eigenvalue weighted by Crippen LogP contribution is 2.11. The van der Waals surface area contributed by atoms with Crippen LogP contribution in [0.2, 0.25) is 0 Å². The first-order chi connectivity index (χ1) is 10.8. The summed E-state index contributed by atoms with van der Waals surface area (Å²) < 4.78 is 1.78. The van der Waals surface area contributed by atoms with Gasteiger partial charge in [0.05, 0.1) is 0 Å². The zero-order chi connectivity index (χ0) is 15.2. The predicted molar refractivity (Wildman–Crippen MR) is 87.9 cm³/mol. The normalized spacial score (nSPS) is 10.7. The molecule has 1 aromatic carbocycles. The van der Waals surface area contributed by atoms with Crippen LogP contribution in [0.5, 0.6) is 0 Å². The molecule has 0 aliphatic heterocycles. The molecule has 0 atom stereocenters. The van der Waals surface area contributed by atoms with E-state index in [0.717, 1.165) is 11.5 Å². The molecular weight excluding hydrogens is 296 g/mol. The number of rotatable bonds is 6. The van der Waals surface area contributed by atoms with E-state index in [1.54, 1.807) is 40.9 Å². The quantitative estimate of drug-likeness (QED) is 0.710. The maximum absolute atomic E-state index is 12.2. The Balaban J connectivity index is 1.48. The highest BCUT2D eigenvalue weighted by Gasteiger charge is 2.12. The van der Waals surface area contributed by atoms with Gasteiger partial charge in [0.15, 0.2) is 11.3 Å². The number of aromatic nitrogens is 3. The van der Waals surface area contributed by atoms with E-state index in [-0.39, 0.29) is 5.91 Å². The van der Waals surface area contributed by atoms with Gasteiger partial charge in [0.25, 0.3) is 5.91 Å². The van der Waals surface area contributed by atoms with Crippen molar-refractivity contribution in [2.24, 2.45) is 0 Å². The van der Waals surface area contributed by atoms with Gasteiger partial charge < -0.3 is 9.72 Å². The first-order valence-electron chi connectivity index (χ1n) is 7.02. The molecule has 0 fully saturated rings. The lowest BCUT2D eigenvalue weighted by molar-refractivity contribution is 0.0952. The van der Waals surface area contributed by atoms with Gasteiger partial charge in [-0.1, -0.05) is 30.3 Å². The molecule has 2 heterocycles. The second kappa shape index (κ2) is 7.09. The summed E-state index contributed by atoms with van der Waals surface area (Å²) in [5.74, 6) is 1.63. The second-order valence-corrected chi connectivity index (χ2v) is 5.83. The lowest BCUT2D eigenvalue weighted by Gasteiger charge is -2.05. The number of imidazole rings is 1. The summed E-state index contributed by atoms with van der Waals surface area (Å²) in [6.07, 6.45) is 6.83. The number of nitrogens with zero attached hydrogens (tertiary/aromatic N) is 3. The van der Waals surface area contributed by atoms with E-state index >= 15 is 0 Å². The standard InChI is InChI=1S/C16H16N4OS/c21-16(14-15-18-7-10-20(15)9-6-17-14)19-8-11-22-12-13-4-2-1-3-5-13/h1-7,9-10H,8,11-12H2,(H,19,21). The van der Waals surface area contributed by atoms with Gasteiger partial charge in [0.1, 0.15) is 0 Å². The fourth-order valence-electron chi connectivity index (χ4n) is 2.10. The maximum Gasteiger partial charge on any atom is 0.273 e. The van der Waals surface area contributed by atoms with Gasteiger partial charge in [-0.15, -0.1) is 0 Å². The van der Waals surface area contributed by atoms with Crippen LogP contribution < -0.4 is 5.32 Å². The van der Waals surface area contributed by atoms with Crippen molar-refractivity contribution >= 4 is 23.3 Å². The summed E-state index contributed by atoms with van der Waals surface area (Å²) in [4.78, 5) is 20.4. The second-order valence-electron chi connectivity index (χ2n) is 4.73. The first-order valence-corrected chi connectivity index (χ1v) is 8.17. The number of nitrogens with one attached hydrogen (secondary N) is 1. The first kappa shape index (κ1) is 14.6. The van der Waals surface area contributed by atoms with E-state index < -0.39 is 0 Å². The Morgan fingerprint density at radius 2 is 1.91 bits per heavy atom. The number of hydrogen-bond donors (Lipinski definition) is 1. The number of thioether (sulfide) groups is 1. The van der Waals surface area contributed by atoms with Crippen LogP contribution in [0.1, 0.15) is 16.1 Å². The van der Waals surface area contributed by atoms with E-state index in [1.807, 2.05) is 18.2 Å². The van der Waals surface area contributed by atoms with Gasteiger partial charge in [-0.3, -0.25) is 4.79 Å². The van der Waals surface area contributed by atoms with Gasteiger partial charge in [-0.25, -0.2) is 9.97 Å². The monoisotopic (exact) mass is 312 g/mol. The zero-order valence-electron chi connectivity index (χ0n) is 12.0. The minimum absolute atomic E-state index is 0.183. The van der Waals surface area contributed by atoms with Crippen LogP contribution in [0.15, 0.2) is 55.1 Å². The average molecular weight is 312 g/mol. The molecule has 112 valence electrons. The fourth-order valence-corrected chi connectivity index (χ4v) is 2.92. The molecule has 0 aliphatic carbocycles. The number of benzene rings is 1. The molecule has 3 aromatic rings. The van der Waals surface area contributed by atoms with E-state index in [0.29, 0.717) is 17.9 Å². The van der Waals surface area contributed by atoms with E-state index in [4.69, 9.17) is 0 Å². The van der Waals surface area contributed by atoms with Crippen molar-refractivity contribution in [2.75, 3.05) is 12.3 Å². The van der Waals surface area contributed by atoms with Crippen molar-refractivity contribution in [3.63, 3.8) is 0 Å². The Hall–Kier alpha value is -2.34. The Morgan fingerprint density at radius 3 is 2.73 bits per heavy atom. The van der Waals surface area contributed by atoms with Gasteiger partial charge in [0, 0.05) is 42.8 Å². The van der Waals surface area contributed by atoms with E-state index in [1.165, 1.54) is 5.56 Å². The van der Waals surface area contributed by atoms with E-state index in [9.17, 15) is 4.79 Å². The number of amides is 1. The molecule has 1 amide bonds. The molecule has 0 aliphatic rings. The van der Waals surface area contributed by atoms with Crippen molar-refractivity contribution in [3.05, 3.63) is 66.4 Å². The Bertz CT molecular complexity index is 757. The van der Waals surface area contributed by atoms with Gasteiger partial charge >= 0.3 is 0 Å². The molecule has 0 unspecified atom stereocenters. The zero-order valence-corrected chi connectivity index (χ0v) is 12.8. The van der Waals surface area contributed by atoms with Crippen molar-refractivity contribution in [1.82, 2.24) is 19.7 Å². The van der Waals surface area contributed by atoms with Crippen LogP contribution in [0, 0.1) is 0 Å². The summed E-state index contributed by atoms with van der Waals surface area (Å²) in [5.41, 5.74) is 2.24. The highest BCUT2D eigenvalue weighted by atomic mass is 32.2. The average Bonchev–Trinajstić information content (AvgIpc) is 3.04. The minimum atomic E-state index is -0.183. The summed E-state index contributed by atoms with van der Waals surface area (Å²) in [7, 11) is 0. The number of hydrogen-bond acceptors (Lipinski definition) is 4. The third-order valence-corrected chi connectivity index (χ3v) is 4.20. The Morgan fingerprint density at radius 1 is 1.14 bits per heavy atom.